The summed E-state index contributed by atoms with van der Waals surface area (Å²) in [6.07, 6.45) is 9.22. The number of thioether (sulfide) groups is 1. The van der Waals surface area contributed by atoms with E-state index in [1.54, 1.807) is 6.92 Å². The third kappa shape index (κ3) is 8.58. The van der Waals surface area contributed by atoms with E-state index in [4.69, 9.17) is 11.6 Å². The number of amides is 1. The fourth-order valence-electron chi connectivity index (χ4n) is 2.83. The van der Waals surface area contributed by atoms with Crippen molar-refractivity contribution in [2.45, 2.75) is 64.8 Å². The molecule has 138 valence electrons. The second-order valence-corrected chi connectivity index (χ2v) is 9.83. The maximum absolute atomic E-state index is 12.4. The van der Waals surface area contributed by atoms with Crippen LogP contribution in [0.25, 0.3) is 0 Å². The Morgan fingerprint density at radius 2 is 1.92 bits per heavy atom. The van der Waals surface area contributed by atoms with Gasteiger partial charge in [-0.2, -0.15) is 0 Å². The maximum Gasteiger partial charge on any atom is 0.259 e. The van der Waals surface area contributed by atoms with Crippen molar-refractivity contribution in [3.8, 4) is 0 Å². The average Bonchev–Trinajstić information content (AvgIpc) is 2.49. The molecule has 1 rings (SSSR count). The van der Waals surface area contributed by atoms with Gasteiger partial charge in [0.1, 0.15) is 0 Å². The zero-order valence-electron chi connectivity index (χ0n) is 14.7. The highest BCUT2D eigenvalue weighted by atomic mass is 35.5. The lowest BCUT2D eigenvalue weighted by molar-refractivity contribution is -0.117. The Bertz CT molecular complexity index is 573. The van der Waals surface area contributed by atoms with Crippen molar-refractivity contribution >= 4 is 39.1 Å². The quantitative estimate of drug-likeness (QED) is 0.613. The molecule has 0 radical (unpaired) electrons. The van der Waals surface area contributed by atoms with E-state index in [-0.39, 0.29) is 11.9 Å². The third-order valence-electron chi connectivity index (χ3n) is 4.16. The number of carbonyl (C=O) groups excluding carboxylic acids is 1. The van der Waals surface area contributed by atoms with Crippen molar-refractivity contribution in [2.24, 2.45) is 5.92 Å². The second-order valence-electron chi connectivity index (χ2n) is 6.42. The molecule has 0 unspecified atom stereocenters. The van der Waals surface area contributed by atoms with Gasteiger partial charge in [0.25, 0.3) is 5.91 Å². The summed E-state index contributed by atoms with van der Waals surface area (Å²) in [4.78, 5) is 12.8. The zero-order valence-corrected chi connectivity index (χ0v) is 17.1. The number of hydrogen-bond acceptors (Lipinski definition) is 4. The molecule has 0 aromatic heterocycles. The van der Waals surface area contributed by atoms with Crippen LogP contribution in [0, 0.1) is 5.92 Å². The van der Waals surface area contributed by atoms with E-state index in [0.717, 1.165) is 55.0 Å². The Kier molecular flexibility index (Phi) is 9.45. The van der Waals surface area contributed by atoms with Crippen molar-refractivity contribution in [3.05, 3.63) is 20.8 Å². The summed E-state index contributed by atoms with van der Waals surface area (Å²) in [5, 5.41) is 5.87. The number of sulfone groups is 1. The lowest BCUT2D eigenvalue weighted by Crippen LogP contribution is -2.38. The Labute approximate surface area is 155 Å². The molecular formula is C17H28ClNO3S2. The van der Waals surface area contributed by atoms with Gasteiger partial charge in [0.15, 0.2) is 9.84 Å². The first-order valence-electron chi connectivity index (χ1n) is 8.43. The molecule has 1 amide bonds. The fourth-order valence-corrected chi connectivity index (χ4v) is 4.54. The minimum atomic E-state index is -3.21. The van der Waals surface area contributed by atoms with Gasteiger partial charge in [-0.3, -0.25) is 4.79 Å². The van der Waals surface area contributed by atoms with Crippen LogP contribution in [-0.2, 0) is 14.6 Å². The lowest BCUT2D eigenvalue weighted by Gasteiger charge is -2.29. The SMILES string of the molecule is CCCCC1CCC(NC(=O)/C(S/C=C/S(C)(=O)=O)=C(/C)Cl)CC1. The van der Waals surface area contributed by atoms with Crippen LogP contribution in [0.2, 0.25) is 0 Å². The summed E-state index contributed by atoms with van der Waals surface area (Å²) in [5.41, 5.74) is 0. The molecule has 1 fully saturated rings. The molecule has 1 saturated carbocycles. The van der Waals surface area contributed by atoms with Crippen LogP contribution in [0.15, 0.2) is 20.8 Å². The van der Waals surface area contributed by atoms with Gasteiger partial charge in [0.05, 0.1) is 4.91 Å². The van der Waals surface area contributed by atoms with E-state index in [0.29, 0.717) is 9.94 Å². The van der Waals surface area contributed by atoms with Crippen molar-refractivity contribution in [1.29, 1.82) is 0 Å². The standard InChI is InChI=1S/C17H28ClNO3S2/c1-4-5-6-14-7-9-15(10-8-14)19-17(20)16(13(2)18)23-11-12-24(3,21)22/h11-12,14-15H,4-10H2,1-3H3,(H,19,20)/b12-11+,16-13+. The predicted octanol–water partition coefficient (Wildman–Crippen LogP) is 4.57. The summed E-state index contributed by atoms with van der Waals surface area (Å²) < 4.78 is 22.3. The molecule has 24 heavy (non-hydrogen) atoms. The Morgan fingerprint density at radius 3 is 2.42 bits per heavy atom. The highest BCUT2D eigenvalue weighted by molar-refractivity contribution is 8.07. The van der Waals surface area contributed by atoms with E-state index >= 15 is 0 Å². The molecule has 7 heteroatoms. The van der Waals surface area contributed by atoms with Gasteiger partial charge in [0.2, 0.25) is 0 Å². The minimum Gasteiger partial charge on any atom is -0.349 e. The third-order valence-corrected chi connectivity index (χ3v) is 6.26. The van der Waals surface area contributed by atoms with Crippen LogP contribution < -0.4 is 5.32 Å². The van der Waals surface area contributed by atoms with E-state index in [9.17, 15) is 13.2 Å². The lowest BCUT2D eigenvalue weighted by atomic mass is 9.83. The van der Waals surface area contributed by atoms with Crippen LogP contribution in [-0.4, -0.2) is 26.6 Å². The first-order valence-corrected chi connectivity index (χ1v) is 11.6. The van der Waals surface area contributed by atoms with Crippen molar-refractivity contribution < 1.29 is 13.2 Å². The van der Waals surface area contributed by atoms with Crippen LogP contribution in [0.5, 0.6) is 0 Å². The molecule has 0 saturated heterocycles. The number of allylic oxidation sites excluding steroid dienone is 1. The summed E-state index contributed by atoms with van der Waals surface area (Å²) in [6.45, 7) is 3.85. The molecule has 0 bridgehead atoms. The predicted molar refractivity (Wildman–Crippen MR) is 104 cm³/mol. The molecule has 1 N–H and O–H groups in total. The largest absolute Gasteiger partial charge is 0.349 e. The van der Waals surface area contributed by atoms with Gasteiger partial charge < -0.3 is 5.32 Å². The van der Waals surface area contributed by atoms with Crippen LogP contribution in [0.3, 0.4) is 0 Å². The second kappa shape index (κ2) is 10.5. The Balaban J connectivity index is 2.53. The Hall–Kier alpha value is -0.460. The molecular weight excluding hydrogens is 366 g/mol. The van der Waals surface area contributed by atoms with E-state index in [1.807, 2.05) is 0 Å². The molecule has 0 spiro atoms. The van der Waals surface area contributed by atoms with Gasteiger partial charge in [-0.05, 0) is 43.9 Å². The molecule has 4 nitrogen and oxygen atoms in total. The molecule has 0 atom stereocenters. The highest BCUT2D eigenvalue weighted by Gasteiger charge is 2.23. The zero-order chi connectivity index (χ0) is 18.2. The molecule has 0 aromatic rings. The summed E-state index contributed by atoms with van der Waals surface area (Å²) in [6, 6.07) is 0.181. The summed E-state index contributed by atoms with van der Waals surface area (Å²) in [5.74, 6) is 0.567. The Morgan fingerprint density at radius 1 is 1.29 bits per heavy atom. The monoisotopic (exact) mass is 393 g/mol. The molecule has 1 aliphatic rings. The highest BCUT2D eigenvalue weighted by Crippen LogP contribution is 2.29. The van der Waals surface area contributed by atoms with Gasteiger partial charge >= 0.3 is 0 Å². The molecule has 0 heterocycles. The van der Waals surface area contributed by atoms with E-state index < -0.39 is 9.84 Å². The van der Waals surface area contributed by atoms with Crippen molar-refractivity contribution in [1.82, 2.24) is 5.32 Å². The average molecular weight is 394 g/mol. The maximum atomic E-state index is 12.4. The minimum absolute atomic E-state index is 0.181. The number of nitrogens with one attached hydrogen (secondary N) is 1. The molecule has 0 aromatic carbocycles. The number of hydrogen-bond donors (Lipinski definition) is 1. The van der Waals surface area contributed by atoms with E-state index in [2.05, 4.69) is 12.2 Å². The fraction of sp³-hybridized carbons (Fsp3) is 0.706. The van der Waals surface area contributed by atoms with Crippen LogP contribution in [0.1, 0.15) is 58.8 Å². The first-order chi connectivity index (χ1) is 11.2. The van der Waals surface area contributed by atoms with Gasteiger partial charge in [0, 0.05) is 22.7 Å². The topological polar surface area (TPSA) is 63.2 Å². The van der Waals surface area contributed by atoms with Gasteiger partial charge in [-0.15, -0.1) is 0 Å². The van der Waals surface area contributed by atoms with Crippen molar-refractivity contribution in [3.63, 3.8) is 0 Å². The number of rotatable bonds is 8. The number of halogens is 1. The van der Waals surface area contributed by atoms with E-state index in [1.165, 1.54) is 24.7 Å². The number of carbonyl (C=O) groups is 1. The normalized spacial score (nSPS) is 23.2. The summed E-state index contributed by atoms with van der Waals surface area (Å²) in [7, 11) is -3.21. The van der Waals surface area contributed by atoms with Crippen molar-refractivity contribution in [2.75, 3.05) is 6.26 Å². The molecule has 1 aliphatic carbocycles. The van der Waals surface area contributed by atoms with Crippen LogP contribution in [0.4, 0.5) is 0 Å². The number of unbranched alkanes of at least 4 members (excludes halogenated alkanes) is 1. The van der Waals surface area contributed by atoms with Gasteiger partial charge in [-0.25, -0.2) is 8.42 Å². The molecule has 0 aliphatic heterocycles. The first kappa shape index (κ1) is 21.6. The van der Waals surface area contributed by atoms with Gasteiger partial charge in [-0.1, -0.05) is 49.5 Å². The van der Waals surface area contributed by atoms with Crippen LogP contribution >= 0.6 is 23.4 Å². The smallest absolute Gasteiger partial charge is 0.259 e. The summed E-state index contributed by atoms with van der Waals surface area (Å²) >= 11 is 7.04.